The molecule has 2 N–H and O–H groups in total. The molecule has 0 radical (unpaired) electrons. The van der Waals surface area contributed by atoms with Crippen molar-refractivity contribution in [3.63, 3.8) is 0 Å². The molecule has 1 aliphatic rings. The van der Waals surface area contributed by atoms with E-state index in [4.69, 9.17) is 4.74 Å². The van der Waals surface area contributed by atoms with Crippen molar-refractivity contribution >= 4 is 27.3 Å². The number of carbonyl (C=O) groups is 1. The van der Waals surface area contributed by atoms with Gasteiger partial charge in [-0.3, -0.25) is 14.9 Å². The van der Waals surface area contributed by atoms with Gasteiger partial charge in [-0.25, -0.2) is 13.1 Å². The first kappa shape index (κ1) is 22.7. The summed E-state index contributed by atoms with van der Waals surface area (Å²) in [5, 5.41) is 14.1. The van der Waals surface area contributed by atoms with Crippen LogP contribution in [0.4, 0.5) is 11.4 Å². The van der Waals surface area contributed by atoms with Crippen molar-refractivity contribution in [3.05, 3.63) is 57.6 Å². The Morgan fingerprint density at radius 3 is 2.39 bits per heavy atom. The van der Waals surface area contributed by atoms with Gasteiger partial charge in [-0.15, -0.1) is 0 Å². The molecule has 3 rings (SSSR count). The molecule has 2 aromatic rings. The normalized spacial score (nSPS) is 14.2. The highest BCUT2D eigenvalue weighted by atomic mass is 32.2. The maximum atomic E-state index is 12.8. The Bertz CT molecular complexity index is 1130. The van der Waals surface area contributed by atoms with Gasteiger partial charge in [0, 0.05) is 23.2 Å². The molecular weight excluding hydrogens is 422 g/mol. The predicted molar refractivity (Wildman–Crippen MR) is 116 cm³/mol. The fraction of sp³-hybridized carbons (Fsp3) is 0.381. The zero-order valence-corrected chi connectivity index (χ0v) is 18.6. The molecule has 9 nitrogen and oxygen atoms in total. The van der Waals surface area contributed by atoms with E-state index in [2.05, 4.69) is 10.0 Å². The maximum Gasteiger partial charge on any atom is 0.273 e. The minimum absolute atomic E-state index is 0.00967. The smallest absolute Gasteiger partial charge is 0.273 e. The van der Waals surface area contributed by atoms with E-state index >= 15 is 0 Å². The minimum atomic E-state index is -3.73. The molecule has 0 bridgehead atoms. The highest BCUT2D eigenvalue weighted by Gasteiger charge is 2.29. The van der Waals surface area contributed by atoms with E-state index in [1.54, 1.807) is 6.07 Å². The van der Waals surface area contributed by atoms with E-state index in [0.717, 1.165) is 12.8 Å². The number of nitrogens with zero attached hydrogens (tertiary/aromatic N) is 1. The van der Waals surface area contributed by atoms with Crippen molar-refractivity contribution in [3.8, 4) is 5.75 Å². The van der Waals surface area contributed by atoms with Crippen LogP contribution in [0, 0.1) is 10.1 Å². The molecule has 0 unspecified atom stereocenters. The molecule has 0 aliphatic heterocycles. The molecular formula is C21H25N3O6S. The van der Waals surface area contributed by atoms with Crippen molar-refractivity contribution in [1.29, 1.82) is 0 Å². The number of amides is 1. The van der Waals surface area contributed by atoms with Crippen LogP contribution in [-0.2, 0) is 15.4 Å². The van der Waals surface area contributed by atoms with Gasteiger partial charge in [0.25, 0.3) is 11.6 Å². The first-order valence-corrected chi connectivity index (χ1v) is 11.2. The van der Waals surface area contributed by atoms with Crippen LogP contribution in [0.25, 0.3) is 0 Å². The lowest BCUT2D eigenvalue weighted by atomic mass is 9.85. The zero-order valence-electron chi connectivity index (χ0n) is 17.8. The quantitative estimate of drug-likeness (QED) is 0.493. The SMILES string of the molecule is COc1ccc(S(=O)(=O)NC2CC2)cc1NC(=O)c1ccc(C(C)(C)C)c([N+](=O)[O-])c1. The molecule has 10 heteroatoms. The summed E-state index contributed by atoms with van der Waals surface area (Å²) in [6.45, 7) is 5.55. The Morgan fingerprint density at radius 2 is 1.84 bits per heavy atom. The van der Waals surface area contributed by atoms with Crippen LogP contribution in [0.5, 0.6) is 5.75 Å². The van der Waals surface area contributed by atoms with Gasteiger partial charge in [0.15, 0.2) is 0 Å². The monoisotopic (exact) mass is 447 g/mol. The molecule has 0 aromatic heterocycles. The number of anilines is 1. The van der Waals surface area contributed by atoms with Crippen LogP contribution >= 0.6 is 0 Å². The number of ether oxygens (including phenoxy) is 1. The van der Waals surface area contributed by atoms with Gasteiger partial charge in [-0.1, -0.05) is 26.8 Å². The standard InChI is InChI=1S/C21H25N3O6S/c1-21(2,3)16-9-5-13(11-18(16)24(26)27)20(25)22-17-12-15(8-10-19(17)30-4)31(28,29)23-14-6-7-14/h5,8-12,14,23H,6-7H2,1-4H3,(H,22,25). The van der Waals surface area contributed by atoms with Crippen LogP contribution in [0.2, 0.25) is 0 Å². The van der Waals surface area contributed by atoms with Crippen LogP contribution < -0.4 is 14.8 Å². The summed E-state index contributed by atoms with van der Waals surface area (Å²) in [6, 6.07) is 8.36. The highest BCUT2D eigenvalue weighted by Crippen LogP contribution is 2.33. The Morgan fingerprint density at radius 1 is 1.16 bits per heavy atom. The van der Waals surface area contributed by atoms with Gasteiger partial charge in [0.2, 0.25) is 10.0 Å². The number of benzene rings is 2. The number of nitrogens with one attached hydrogen (secondary N) is 2. The van der Waals surface area contributed by atoms with Crippen molar-refractivity contribution in [2.45, 2.75) is 50.0 Å². The molecule has 1 fully saturated rings. The molecule has 0 saturated heterocycles. The van der Waals surface area contributed by atoms with Gasteiger partial charge in [-0.05, 0) is 42.5 Å². The summed E-state index contributed by atoms with van der Waals surface area (Å²) in [5.41, 5.74) is 0.0977. The second kappa shape index (κ2) is 8.27. The lowest BCUT2D eigenvalue weighted by Crippen LogP contribution is -2.26. The highest BCUT2D eigenvalue weighted by molar-refractivity contribution is 7.89. The van der Waals surface area contributed by atoms with E-state index in [1.807, 2.05) is 20.8 Å². The number of methoxy groups -OCH3 is 1. The molecule has 2 aromatic carbocycles. The fourth-order valence-electron chi connectivity index (χ4n) is 3.09. The third kappa shape index (κ3) is 5.20. The first-order valence-electron chi connectivity index (χ1n) is 9.73. The maximum absolute atomic E-state index is 12.8. The minimum Gasteiger partial charge on any atom is -0.495 e. The van der Waals surface area contributed by atoms with E-state index in [1.165, 1.54) is 37.4 Å². The lowest BCUT2D eigenvalue weighted by Gasteiger charge is -2.19. The molecule has 31 heavy (non-hydrogen) atoms. The van der Waals surface area contributed by atoms with Gasteiger partial charge < -0.3 is 10.1 Å². The summed E-state index contributed by atoms with van der Waals surface area (Å²) in [4.78, 5) is 23.8. The van der Waals surface area contributed by atoms with E-state index in [-0.39, 0.29) is 33.6 Å². The number of hydrogen-bond donors (Lipinski definition) is 2. The van der Waals surface area contributed by atoms with Gasteiger partial charge in [0.05, 0.1) is 22.6 Å². The van der Waals surface area contributed by atoms with E-state index in [0.29, 0.717) is 5.56 Å². The first-order chi connectivity index (χ1) is 14.4. The molecule has 1 amide bonds. The van der Waals surface area contributed by atoms with Crippen LogP contribution in [-0.4, -0.2) is 32.4 Å². The number of sulfonamides is 1. The van der Waals surface area contributed by atoms with Crippen LogP contribution in [0.1, 0.15) is 49.5 Å². The average Bonchev–Trinajstić information content (AvgIpc) is 3.50. The molecule has 166 valence electrons. The third-order valence-corrected chi connectivity index (χ3v) is 6.41. The second-order valence-corrected chi connectivity index (χ2v) is 10.2. The predicted octanol–water partition coefficient (Wildman–Crippen LogP) is 3.59. The number of nitro groups is 1. The van der Waals surface area contributed by atoms with E-state index in [9.17, 15) is 23.3 Å². The van der Waals surface area contributed by atoms with Gasteiger partial charge in [-0.2, -0.15) is 0 Å². The molecule has 0 atom stereocenters. The number of carbonyl (C=O) groups excluding carboxylic acids is 1. The summed E-state index contributed by atoms with van der Waals surface area (Å²) in [5.74, 6) is -0.355. The summed E-state index contributed by atoms with van der Waals surface area (Å²) in [7, 11) is -2.34. The Kier molecular flexibility index (Phi) is 6.06. The average molecular weight is 448 g/mol. The summed E-state index contributed by atoms with van der Waals surface area (Å²) < 4.78 is 32.8. The fourth-order valence-corrected chi connectivity index (χ4v) is 4.42. The van der Waals surface area contributed by atoms with Crippen LogP contribution in [0.3, 0.4) is 0 Å². The summed E-state index contributed by atoms with van der Waals surface area (Å²) >= 11 is 0. The number of rotatable bonds is 7. The van der Waals surface area contributed by atoms with Crippen molar-refractivity contribution in [2.24, 2.45) is 0 Å². The van der Waals surface area contributed by atoms with Crippen LogP contribution in [0.15, 0.2) is 41.3 Å². The second-order valence-electron chi connectivity index (χ2n) is 8.45. The lowest BCUT2D eigenvalue weighted by molar-refractivity contribution is -0.386. The van der Waals surface area contributed by atoms with Gasteiger partial charge >= 0.3 is 0 Å². The molecule has 1 saturated carbocycles. The van der Waals surface area contributed by atoms with Crippen molar-refractivity contribution in [1.82, 2.24) is 4.72 Å². The molecule has 0 heterocycles. The van der Waals surface area contributed by atoms with Gasteiger partial charge in [0.1, 0.15) is 5.75 Å². The summed E-state index contributed by atoms with van der Waals surface area (Å²) in [6.07, 6.45) is 1.59. The largest absolute Gasteiger partial charge is 0.495 e. The van der Waals surface area contributed by atoms with Crippen molar-refractivity contribution in [2.75, 3.05) is 12.4 Å². The Balaban J connectivity index is 1.93. The van der Waals surface area contributed by atoms with Crippen molar-refractivity contribution < 1.29 is 22.9 Å². The third-order valence-electron chi connectivity index (χ3n) is 4.89. The Labute approximate surface area is 181 Å². The topological polar surface area (TPSA) is 128 Å². The van der Waals surface area contributed by atoms with E-state index < -0.39 is 26.3 Å². The zero-order chi connectivity index (χ0) is 23.0. The number of nitro benzene ring substituents is 1. The molecule has 0 spiro atoms. The Hall–Kier alpha value is -2.98. The molecule has 1 aliphatic carbocycles. The number of hydrogen-bond acceptors (Lipinski definition) is 6.